The van der Waals surface area contributed by atoms with Crippen LogP contribution in [0.2, 0.25) is 0 Å². The molecule has 1 aromatic heterocycles. The lowest BCUT2D eigenvalue weighted by atomic mass is 10.1. The van der Waals surface area contributed by atoms with Gasteiger partial charge in [-0.1, -0.05) is 12.1 Å². The zero-order chi connectivity index (χ0) is 20.1. The molecular weight excluding hydrogens is 348 g/mol. The minimum absolute atomic E-state index is 0.668. The first kappa shape index (κ1) is 20.0. The van der Waals surface area contributed by atoms with Crippen LogP contribution < -0.4 is 9.47 Å². The lowest BCUT2D eigenvalue weighted by Crippen LogP contribution is -2.04. The maximum Gasteiger partial charge on any atom is 0.161 e. The molecule has 0 amide bonds. The second kappa shape index (κ2) is 8.96. The van der Waals surface area contributed by atoms with Gasteiger partial charge in [-0.2, -0.15) is 0 Å². The van der Waals surface area contributed by atoms with Crippen LogP contribution in [0, 0.1) is 20.8 Å². The van der Waals surface area contributed by atoms with Gasteiger partial charge in [-0.25, -0.2) is 4.98 Å². The quantitative estimate of drug-likeness (QED) is 0.361. The fraction of sp³-hybridized carbons (Fsp3) is 0.375. The molecule has 2 aromatic carbocycles. The van der Waals surface area contributed by atoms with Gasteiger partial charge >= 0.3 is 0 Å². The van der Waals surface area contributed by atoms with Gasteiger partial charge in [-0.15, -0.1) is 6.58 Å². The van der Waals surface area contributed by atoms with Crippen LogP contribution in [-0.2, 0) is 13.0 Å². The normalized spacial score (nSPS) is 11.0. The molecule has 0 N–H and O–H groups in total. The van der Waals surface area contributed by atoms with Gasteiger partial charge in [0.25, 0.3) is 0 Å². The van der Waals surface area contributed by atoms with Crippen molar-refractivity contribution in [2.24, 2.45) is 0 Å². The summed E-state index contributed by atoms with van der Waals surface area (Å²) in [6, 6.07) is 10.5. The summed E-state index contributed by atoms with van der Waals surface area (Å²) in [4.78, 5) is 4.72. The van der Waals surface area contributed by atoms with Crippen LogP contribution in [0.25, 0.3) is 11.0 Å². The molecule has 0 radical (unpaired) electrons. The number of allylic oxidation sites excluding steroid dienone is 1. The molecule has 0 aliphatic heterocycles. The zero-order valence-corrected chi connectivity index (χ0v) is 17.4. The van der Waals surface area contributed by atoms with Gasteiger partial charge in [-0.3, -0.25) is 0 Å². The molecule has 1 heterocycles. The van der Waals surface area contributed by atoms with Crippen LogP contribution in [0.3, 0.4) is 0 Å². The van der Waals surface area contributed by atoms with Crippen molar-refractivity contribution < 1.29 is 9.47 Å². The van der Waals surface area contributed by atoms with Crippen molar-refractivity contribution in [3.8, 4) is 11.5 Å². The molecule has 4 heteroatoms. The minimum atomic E-state index is 0.668. The number of ether oxygens (including phenoxy) is 2. The molecule has 0 saturated carbocycles. The van der Waals surface area contributed by atoms with Gasteiger partial charge in [0.05, 0.1) is 24.8 Å². The fourth-order valence-corrected chi connectivity index (χ4v) is 3.46. The maximum absolute atomic E-state index is 5.96. The average Bonchev–Trinajstić information content (AvgIpc) is 2.97. The summed E-state index contributed by atoms with van der Waals surface area (Å²) < 4.78 is 13.7. The van der Waals surface area contributed by atoms with Crippen molar-refractivity contribution in [1.29, 1.82) is 0 Å². The molecule has 0 unspecified atom stereocenters. The van der Waals surface area contributed by atoms with Crippen LogP contribution >= 0.6 is 0 Å². The summed E-state index contributed by atoms with van der Waals surface area (Å²) in [6.07, 6.45) is 4.73. The van der Waals surface area contributed by atoms with Crippen molar-refractivity contribution in [3.63, 3.8) is 0 Å². The molecule has 4 nitrogen and oxygen atoms in total. The van der Waals surface area contributed by atoms with Crippen LogP contribution in [0.15, 0.2) is 43.0 Å². The van der Waals surface area contributed by atoms with Gasteiger partial charge in [0.15, 0.2) is 11.5 Å². The molecule has 3 aromatic rings. The Hall–Kier alpha value is -2.75. The Morgan fingerprint density at radius 2 is 1.82 bits per heavy atom. The number of aryl methyl sites for hydroxylation is 4. The van der Waals surface area contributed by atoms with E-state index in [1.165, 1.54) is 22.2 Å². The topological polar surface area (TPSA) is 36.3 Å². The second-order valence-corrected chi connectivity index (χ2v) is 7.27. The van der Waals surface area contributed by atoms with Gasteiger partial charge in [-0.05, 0) is 81.0 Å². The molecular formula is C24H30N2O2. The summed E-state index contributed by atoms with van der Waals surface area (Å²) >= 11 is 0. The van der Waals surface area contributed by atoms with E-state index in [9.17, 15) is 0 Å². The number of aromatic nitrogens is 2. The molecule has 148 valence electrons. The van der Waals surface area contributed by atoms with E-state index < -0.39 is 0 Å². The molecule has 0 atom stereocenters. The maximum atomic E-state index is 5.96. The average molecular weight is 379 g/mol. The number of unbranched alkanes of at least 4 members (excludes halogenated alkanes) is 1. The van der Waals surface area contributed by atoms with E-state index in [0.29, 0.717) is 6.61 Å². The highest BCUT2D eigenvalue weighted by Crippen LogP contribution is 2.28. The lowest BCUT2D eigenvalue weighted by molar-refractivity contribution is 0.283. The Labute approximate surface area is 167 Å². The van der Waals surface area contributed by atoms with Crippen molar-refractivity contribution >= 4 is 11.0 Å². The smallest absolute Gasteiger partial charge is 0.161 e. The summed E-state index contributed by atoms with van der Waals surface area (Å²) in [7, 11) is 1.68. The number of fused-ring (bicyclic) bond motifs is 1. The van der Waals surface area contributed by atoms with Gasteiger partial charge in [0.2, 0.25) is 0 Å². The Bertz CT molecular complexity index is 972. The molecule has 0 aliphatic carbocycles. The van der Waals surface area contributed by atoms with E-state index in [-0.39, 0.29) is 0 Å². The first-order valence-corrected chi connectivity index (χ1v) is 9.88. The summed E-state index contributed by atoms with van der Waals surface area (Å²) in [5, 5.41) is 0. The van der Waals surface area contributed by atoms with Crippen LogP contribution in [-0.4, -0.2) is 23.3 Å². The number of hydrogen-bond acceptors (Lipinski definition) is 3. The Morgan fingerprint density at radius 3 is 2.57 bits per heavy atom. The Kier molecular flexibility index (Phi) is 6.40. The van der Waals surface area contributed by atoms with E-state index in [2.05, 4.69) is 50.1 Å². The Morgan fingerprint density at radius 1 is 1.04 bits per heavy atom. The summed E-state index contributed by atoms with van der Waals surface area (Å²) in [5.41, 5.74) is 6.08. The fourth-order valence-electron chi connectivity index (χ4n) is 3.46. The molecule has 0 bridgehead atoms. The largest absolute Gasteiger partial charge is 0.493 e. The lowest BCUT2D eigenvalue weighted by Gasteiger charge is -2.12. The van der Waals surface area contributed by atoms with E-state index in [4.69, 9.17) is 14.5 Å². The highest BCUT2D eigenvalue weighted by molar-refractivity contribution is 5.78. The predicted octanol–water partition coefficient (Wildman–Crippen LogP) is 5.56. The summed E-state index contributed by atoms with van der Waals surface area (Å²) in [6.45, 7) is 11.8. The number of benzene rings is 2. The molecule has 0 fully saturated rings. The first-order chi connectivity index (χ1) is 13.5. The molecule has 0 spiro atoms. The van der Waals surface area contributed by atoms with Crippen LogP contribution in [0.5, 0.6) is 11.5 Å². The van der Waals surface area contributed by atoms with Crippen LogP contribution in [0.4, 0.5) is 0 Å². The third-order valence-electron chi connectivity index (χ3n) is 5.20. The number of nitrogens with zero attached hydrogens (tertiary/aromatic N) is 2. The van der Waals surface area contributed by atoms with Crippen LogP contribution in [0.1, 0.15) is 35.4 Å². The number of methoxy groups -OCH3 is 1. The monoisotopic (exact) mass is 378 g/mol. The van der Waals surface area contributed by atoms with E-state index in [1.807, 2.05) is 18.2 Å². The van der Waals surface area contributed by atoms with Gasteiger partial charge in [0.1, 0.15) is 5.82 Å². The van der Waals surface area contributed by atoms with E-state index in [0.717, 1.165) is 48.6 Å². The van der Waals surface area contributed by atoms with Crippen molar-refractivity contribution in [2.75, 3.05) is 13.7 Å². The van der Waals surface area contributed by atoms with Gasteiger partial charge in [0, 0.05) is 6.54 Å². The highest BCUT2D eigenvalue weighted by Gasteiger charge is 2.09. The molecule has 28 heavy (non-hydrogen) atoms. The molecule has 0 saturated heterocycles. The van der Waals surface area contributed by atoms with E-state index in [1.54, 1.807) is 7.11 Å². The number of hydrogen-bond donors (Lipinski definition) is 0. The zero-order valence-electron chi connectivity index (χ0n) is 17.4. The van der Waals surface area contributed by atoms with Crippen molar-refractivity contribution in [1.82, 2.24) is 9.55 Å². The Balaban J connectivity index is 1.57. The van der Waals surface area contributed by atoms with Crippen molar-refractivity contribution in [3.05, 3.63) is 65.5 Å². The van der Waals surface area contributed by atoms with Gasteiger partial charge < -0.3 is 14.0 Å². The number of rotatable bonds is 9. The third kappa shape index (κ3) is 4.38. The second-order valence-electron chi connectivity index (χ2n) is 7.27. The highest BCUT2D eigenvalue weighted by atomic mass is 16.5. The molecule has 3 rings (SSSR count). The predicted molar refractivity (Wildman–Crippen MR) is 116 cm³/mol. The first-order valence-electron chi connectivity index (χ1n) is 9.88. The van der Waals surface area contributed by atoms with E-state index >= 15 is 0 Å². The standard InChI is InChI=1S/C24H30N2O2/c1-6-9-20-10-11-23(24(16-20)27-5)28-13-8-7-12-26-19(4)25-21-14-17(2)18(3)15-22(21)26/h6,10-11,14-16H,1,7-9,12-13H2,2-5H3. The summed E-state index contributed by atoms with van der Waals surface area (Å²) in [5.74, 6) is 2.65. The number of imidazole rings is 1. The minimum Gasteiger partial charge on any atom is -0.493 e. The molecule has 0 aliphatic rings. The SMILES string of the molecule is C=CCc1ccc(OCCCCn2c(C)nc3cc(C)c(C)cc32)c(OC)c1. The third-order valence-corrected chi connectivity index (χ3v) is 5.20. The van der Waals surface area contributed by atoms with Crippen molar-refractivity contribution in [2.45, 2.75) is 46.6 Å².